The maximum absolute atomic E-state index is 8.79. The van der Waals surface area contributed by atoms with Crippen molar-refractivity contribution in [2.24, 2.45) is 5.73 Å². The molecule has 0 radical (unpaired) electrons. The van der Waals surface area contributed by atoms with Crippen molar-refractivity contribution in [3.8, 4) is 0 Å². The second kappa shape index (κ2) is 3.85. The number of nitrogens with two attached hydrogens (primary N) is 1. The number of aliphatic hydroxyl groups is 1. The molecule has 0 aliphatic heterocycles. The van der Waals surface area contributed by atoms with Gasteiger partial charge < -0.3 is 10.8 Å². The van der Waals surface area contributed by atoms with Gasteiger partial charge in [0.25, 0.3) is 0 Å². The minimum atomic E-state index is -0.311. The molecule has 0 aromatic heterocycles. The monoisotopic (exact) mass is 131 g/mol. The van der Waals surface area contributed by atoms with E-state index in [-0.39, 0.29) is 12.1 Å². The van der Waals surface area contributed by atoms with Crippen LogP contribution in [0.4, 0.5) is 0 Å². The maximum atomic E-state index is 8.79. The van der Waals surface area contributed by atoms with Crippen molar-refractivity contribution in [1.82, 2.24) is 0 Å². The molecule has 0 saturated carbocycles. The average Bonchev–Trinajstić information content (AvgIpc) is 1.89. The molecule has 2 nitrogen and oxygen atoms in total. The molecule has 2 heteroatoms. The topological polar surface area (TPSA) is 46.2 Å². The molecule has 0 saturated heterocycles. The van der Waals surface area contributed by atoms with E-state index in [4.69, 9.17) is 10.8 Å². The molecule has 3 N–H and O–H groups in total. The zero-order valence-electron chi connectivity index (χ0n) is 6.35. The fourth-order valence-corrected chi connectivity index (χ4v) is 0.866. The maximum Gasteiger partial charge on any atom is 0.0611 e. The van der Waals surface area contributed by atoms with E-state index in [2.05, 4.69) is 6.92 Å². The molecule has 0 bridgehead atoms. The summed E-state index contributed by atoms with van der Waals surface area (Å²) in [5.41, 5.74) is 5.45. The van der Waals surface area contributed by atoms with Crippen molar-refractivity contribution in [2.45, 2.75) is 38.6 Å². The molecule has 0 aromatic rings. The van der Waals surface area contributed by atoms with Gasteiger partial charge in [-0.3, -0.25) is 0 Å². The molecule has 0 aromatic carbocycles. The first-order chi connectivity index (χ1) is 4.18. The first kappa shape index (κ1) is 8.92. The van der Waals surface area contributed by atoms with Gasteiger partial charge in [0, 0.05) is 5.54 Å². The highest BCUT2D eigenvalue weighted by atomic mass is 16.3. The minimum absolute atomic E-state index is 0.108. The van der Waals surface area contributed by atoms with Gasteiger partial charge in [-0.05, 0) is 12.8 Å². The van der Waals surface area contributed by atoms with Crippen LogP contribution in [0.15, 0.2) is 0 Å². The van der Waals surface area contributed by atoms with Gasteiger partial charge in [0.1, 0.15) is 0 Å². The standard InChI is InChI=1S/C7H17NO/c1-3-5-7(8,4-2)6-9/h9H,3-6,8H2,1-2H3. The Bertz CT molecular complexity index is 69.3. The third-order valence-electron chi connectivity index (χ3n) is 1.77. The fourth-order valence-electron chi connectivity index (χ4n) is 0.866. The predicted molar refractivity (Wildman–Crippen MR) is 39.2 cm³/mol. The zero-order valence-corrected chi connectivity index (χ0v) is 6.35. The minimum Gasteiger partial charge on any atom is -0.394 e. The molecule has 0 heterocycles. The van der Waals surface area contributed by atoms with Gasteiger partial charge in [-0.25, -0.2) is 0 Å². The summed E-state index contributed by atoms with van der Waals surface area (Å²) < 4.78 is 0. The average molecular weight is 131 g/mol. The van der Waals surface area contributed by atoms with Gasteiger partial charge in [0.15, 0.2) is 0 Å². The normalized spacial score (nSPS) is 17.3. The Kier molecular flexibility index (Phi) is 3.82. The van der Waals surface area contributed by atoms with E-state index >= 15 is 0 Å². The van der Waals surface area contributed by atoms with Gasteiger partial charge >= 0.3 is 0 Å². The first-order valence-corrected chi connectivity index (χ1v) is 3.58. The van der Waals surface area contributed by atoms with Gasteiger partial charge in [-0.2, -0.15) is 0 Å². The molecule has 0 aliphatic rings. The van der Waals surface area contributed by atoms with Crippen LogP contribution in [0.5, 0.6) is 0 Å². The largest absolute Gasteiger partial charge is 0.394 e. The van der Waals surface area contributed by atoms with E-state index in [1.54, 1.807) is 0 Å². The predicted octanol–water partition coefficient (Wildman–Crippen LogP) is 0.886. The quantitative estimate of drug-likeness (QED) is 0.595. The summed E-state index contributed by atoms with van der Waals surface area (Å²) in [5, 5.41) is 8.79. The number of hydrogen-bond acceptors (Lipinski definition) is 2. The summed E-state index contributed by atoms with van der Waals surface area (Å²) >= 11 is 0. The summed E-state index contributed by atoms with van der Waals surface area (Å²) in [6.07, 6.45) is 2.82. The lowest BCUT2D eigenvalue weighted by atomic mass is 9.93. The molecule has 1 unspecified atom stereocenters. The number of aliphatic hydroxyl groups excluding tert-OH is 1. The third-order valence-corrected chi connectivity index (χ3v) is 1.77. The molecule has 0 aliphatic carbocycles. The summed E-state index contributed by atoms with van der Waals surface area (Å²) in [5.74, 6) is 0. The van der Waals surface area contributed by atoms with E-state index in [0.717, 1.165) is 19.3 Å². The third kappa shape index (κ3) is 2.82. The van der Waals surface area contributed by atoms with E-state index in [9.17, 15) is 0 Å². The van der Waals surface area contributed by atoms with Gasteiger partial charge in [0.05, 0.1) is 6.61 Å². The van der Waals surface area contributed by atoms with Gasteiger partial charge in [-0.15, -0.1) is 0 Å². The van der Waals surface area contributed by atoms with Crippen LogP contribution in [0.2, 0.25) is 0 Å². The molecule has 0 amide bonds. The molecule has 1 atom stereocenters. The molecule has 0 fully saturated rings. The lowest BCUT2D eigenvalue weighted by Gasteiger charge is -2.24. The highest BCUT2D eigenvalue weighted by Gasteiger charge is 2.19. The Labute approximate surface area is 57.1 Å². The molecular formula is C7H17NO. The van der Waals surface area contributed by atoms with Crippen LogP contribution in [-0.2, 0) is 0 Å². The Morgan fingerprint density at radius 3 is 2.11 bits per heavy atom. The summed E-state index contributed by atoms with van der Waals surface area (Å²) in [6, 6.07) is 0. The van der Waals surface area contributed by atoms with Gasteiger partial charge in [-0.1, -0.05) is 20.3 Å². The van der Waals surface area contributed by atoms with Crippen molar-refractivity contribution in [1.29, 1.82) is 0 Å². The number of hydrogen-bond donors (Lipinski definition) is 2. The van der Waals surface area contributed by atoms with E-state index in [1.807, 2.05) is 6.92 Å². The van der Waals surface area contributed by atoms with Crippen molar-refractivity contribution >= 4 is 0 Å². The first-order valence-electron chi connectivity index (χ1n) is 3.58. The smallest absolute Gasteiger partial charge is 0.0611 e. The van der Waals surface area contributed by atoms with Gasteiger partial charge in [0.2, 0.25) is 0 Å². The molecule has 0 rings (SSSR count). The number of rotatable bonds is 4. The van der Waals surface area contributed by atoms with Crippen molar-refractivity contribution in [2.75, 3.05) is 6.61 Å². The Morgan fingerprint density at radius 1 is 1.44 bits per heavy atom. The lowest BCUT2D eigenvalue weighted by Crippen LogP contribution is -2.42. The lowest BCUT2D eigenvalue weighted by molar-refractivity contribution is 0.182. The summed E-state index contributed by atoms with van der Waals surface area (Å²) in [4.78, 5) is 0. The Balaban J connectivity index is 3.62. The summed E-state index contributed by atoms with van der Waals surface area (Å²) in [6.45, 7) is 4.19. The SMILES string of the molecule is CCCC(N)(CC)CO. The van der Waals surface area contributed by atoms with Crippen LogP contribution in [0.1, 0.15) is 33.1 Å². The molecular weight excluding hydrogens is 114 g/mol. The van der Waals surface area contributed by atoms with Crippen molar-refractivity contribution < 1.29 is 5.11 Å². The Hall–Kier alpha value is -0.0800. The van der Waals surface area contributed by atoms with E-state index < -0.39 is 0 Å². The fraction of sp³-hybridized carbons (Fsp3) is 1.00. The highest BCUT2D eigenvalue weighted by molar-refractivity contribution is 4.80. The highest BCUT2D eigenvalue weighted by Crippen LogP contribution is 2.11. The van der Waals surface area contributed by atoms with Crippen LogP contribution in [0.25, 0.3) is 0 Å². The Morgan fingerprint density at radius 2 is 2.00 bits per heavy atom. The van der Waals surface area contributed by atoms with E-state index in [0.29, 0.717) is 0 Å². The van der Waals surface area contributed by atoms with Crippen LogP contribution < -0.4 is 5.73 Å². The second-order valence-electron chi connectivity index (χ2n) is 2.62. The zero-order chi connectivity index (χ0) is 7.33. The van der Waals surface area contributed by atoms with E-state index in [1.165, 1.54) is 0 Å². The molecule has 9 heavy (non-hydrogen) atoms. The second-order valence-corrected chi connectivity index (χ2v) is 2.62. The van der Waals surface area contributed by atoms with Crippen LogP contribution in [0.3, 0.4) is 0 Å². The molecule has 0 spiro atoms. The van der Waals surface area contributed by atoms with Crippen LogP contribution >= 0.6 is 0 Å². The van der Waals surface area contributed by atoms with Crippen LogP contribution in [-0.4, -0.2) is 17.3 Å². The van der Waals surface area contributed by atoms with Crippen molar-refractivity contribution in [3.05, 3.63) is 0 Å². The van der Waals surface area contributed by atoms with Crippen molar-refractivity contribution in [3.63, 3.8) is 0 Å². The van der Waals surface area contributed by atoms with Crippen LogP contribution in [0, 0.1) is 0 Å². The summed E-state index contributed by atoms with van der Waals surface area (Å²) in [7, 11) is 0. The molecule has 56 valence electrons.